The molecule has 0 aliphatic heterocycles. The van der Waals surface area contributed by atoms with Crippen LogP contribution in [0.2, 0.25) is 0 Å². The molecular weight excluding hydrogens is 413 g/mol. The standard InChI is InChI=1S/C28H30FN3O/c29-23-6-8-24(9-7-23)32-26-15-20-2-1-3-22-17-27(33,12-13-30)10-11-28(22,16-19-4-5-19)25(20)14-21(26)18-31-32/h6-9,14-15,18-19,22,33H,1-5,10-12,16-17H2/t22-,27-,28-/m0/s1. The van der Waals surface area contributed by atoms with Crippen LogP contribution < -0.4 is 0 Å². The molecule has 1 heterocycles. The quantitative estimate of drug-likeness (QED) is 0.539. The van der Waals surface area contributed by atoms with Crippen LogP contribution in [0.1, 0.15) is 68.9 Å². The summed E-state index contributed by atoms with van der Waals surface area (Å²) in [5.41, 5.74) is 4.04. The van der Waals surface area contributed by atoms with Crippen LogP contribution in [-0.2, 0) is 11.8 Å². The molecular formula is C28H30FN3O. The van der Waals surface area contributed by atoms with Gasteiger partial charge in [-0.1, -0.05) is 12.8 Å². The van der Waals surface area contributed by atoms with Gasteiger partial charge < -0.3 is 5.11 Å². The van der Waals surface area contributed by atoms with Gasteiger partial charge in [-0.15, -0.1) is 0 Å². The molecule has 0 bridgehead atoms. The predicted octanol–water partition coefficient (Wildman–Crippen LogP) is 5.98. The fourth-order valence-corrected chi connectivity index (χ4v) is 6.79. The molecule has 4 nitrogen and oxygen atoms in total. The second-order valence-electron chi connectivity index (χ2n) is 10.8. The second kappa shape index (κ2) is 7.67. The molecule has 6 rings (SSSR count). The zero-order valence-corrected chi connectivity index (χ0v) is 18.9. The Bertz CT molecular complexity index is 1240. The molecule has 2 saturated carbocycles. The Morgan fingerprint density at radius 3 is 2.73 bits per heavy atom. The maximum Gasteiger partial charge on any atom is 0.123 e. The van der Waals surface area contributed by atoms with Gasteiger partial charge in [0.25, 0.3) is 0 Å². The summed E-state index contributed by atoms with van der Waals surface area (Å²) in [6.07, 6.45) is 11.6. The molecule has 5 heteroatoms. The van der Waals surface area contributed by atoms with Crippen molar-refractivity contribution in [3.63, 3.8) is 0 Å². The highest BCUT2D eigenvalue weighted by Crippen LogP contribution is 2.58. The van der Waals surface area contributed by atoms with Crippen LogP contribution in [0.5, 0.6) is 0 Å². The Morgan fingerprint density at radius 2 is 1.97 bits per heavy atom. The fraction of sp³-hybridized carbons (Fsp3) is 0.500. The number of halogens is 1. The molecule has 2 fully saturated rings. The van der Waals surface area contributed by atoms with Crippen molar-refractivity contribution in [1.82, 2.24) is 9.78 Å². The fourth-order valence-electron chi connectivity index (χ4n) is 6.79. The van der Waals surface area contributed by atoms with Gasteiger partial charge in [0.05, 0.1) is 35.5 Å². The minimum Gasteiger partial charge on any atom is -0.389 e. The number of nitriles is 1. The van der Waals surface area contributed by atoms with Crippen molar-refractivity contribution < 1.29 is 9.50 Å². The highest BCUT2D eigenvalue weighted by atomic mass is 19.1. The number of fused-ring (bicyclic) bond motifs is 4. The summed E-state index contributed by atoms with van der Waals surface area (Å²) in [5, 5.41) is 26.2. The molecule has 0 saturated heterocycles. The molecule has 3 aromatic rings. The lowest BCUT2D eigenvalue weighted by Gasteiger charge is -2.50. The minimum absolute atomic E-state index is 0.0842. The zero-order chi connectivity index (χ0) is 22.6. The molecule has 2 aromatic carbocycles. The minimum atomic E-state index is -0.839. The third kappa shape index (κ3) is 3.56. The Kier molecular flexibility index (Phi) is 4.85. The maximum atomic E-state index is 13.5. The number of aryl methyl sites for hydroxylation is 1. The molecule has 1 aromatic heterocycles. The Hall–Kier alpha value is -2.71. The van der Waals surface area contributed by atoms with E-state index in [-0.39, 0.29) is 17.7 Å². The van der Waals surface area contributed by atoms with Crippen molar-refractivity contribution in [2.24, 2.45) is 11.8 Å². The summed E-state index contributed by atoms with van der Waals surface area (Å²) in [7, 11) is 0. The Morgan fingerprint density at radius 1 is 1.15 bits per heavy atom. The van der Waals surface area contributed by atoms with Crippen molar-refractivity contribution in [2.75, 3.05) is 0 Å². The third-order valence-electron chi connectivity index (χ3n) is 8.60. The van der Waals surface area contributed by atoms with Crippen molar-refractivity contribution >= 4 is 10.9 Å². The average molecular weight is 444 g/mol. The smallest absolute Gasteiger partial charge is 0.123 e. The summed E-state index contributed by atoms with van der Waals surface area (Å²) >= 11 is 0. The summed E-state index contributed by atoms with van der Waals surface area (Å²) < 4.78 is 15.4. The molecule has 33 heavy (non-hydrogen) atoms. The van der Waals surface area contributed by atoms with E-state index in [4.69, 9.17) is 0 Å². The number of hydrogen-bond donors (Lipinski definition) is 1. The van der Waals surface area contributed by atoms with Crippen LogP contribution in [0.3, 0.4) is 0 Å². The van der Waals surface area contributed by atoms with E-state index < -0.39 is 5.60 Å². The maximum absolute atomic E-state index is 13.5. The molecule has 0 unspecified atom stereocenters. The number of hydrogen-bond acceptors (Lipinski definition) is 3. The van der Waals surface area contributed by atoms with E-state index >= 15 is 0 Å². The number of rotatable bonds is 4. The van der Waals surface area contributed by atoms with E-state index in [2.05, 4.69) is 23.3 Å². The SMILES string of the molecule is N#CC[C@@]1(O)CC[C@@]2(CC3CC3)c3cc4cnn(-c5ccc(F)cc5)c4cc3CCC[C@H]2C1. The van der Waals surface area contributed by atoms with Gasteiger partial charge in [-0.05, 0) is 110 Å². The highest BCUT2D eigenvalue weighted by molar-refractivity contribution is 5.82. The lowest BCUT2D eigenvalue weighted by atomic mass is 9.55. The van der Waals surface area contributed by atoms with E-state index in [1.54, 1.807) is 12.1 Å². The van der Waals surface area contributed by atoms with Crippen molar-refractivity contribution in [3.8, 4) is 11.8 Å². The molecule has 0 radical (unpaired) electrons. The second-order valence-corrected chi connectivity index (χ2v) is 10.8. The van der Waals surface area contributed by atoms with Crippen LogP contribution >= 0.6 is 0 Å². The molecule has 3 aliphatic carbocycles. The number of nitrogens with zero attached hydrogens (tertiary/aromatic N) is 3. The Labute approximate surface area is 194 Å². The van der Waals surface area contributed by atoms with Gasteiger partial charge in [0, 0.05) is 5.39 Å². The van der Waals surface area contributed by atoms with Gasteiger partial charge >= 0.3 is 0 Å². The van der Waals surface area contributed by atoms with Crippen LogP contribution in [-0.4, -0.2) is 20.5 Å². The van der Waals surface area contributed by atoms with Crippen LogP contribution in [0.4, 0.5) is 4.39 Å². The monoisotopic (exact) mass is 443 g/mol. The van der Waals surface area contributed by atoms with Crippen LogP contribution in [0.15, 0.2) is 42.6 Å². The number of benzene rings is 2. The molecule has 0 spiro atoms. The topological polar surface area (TPSA) is 61.8 Å². The average Bonchev–Trinajstić information content (AvgIpc) is 3.54. The van der Waals surface area contributed by atoms with Crippen LogP contribution in [0.25, 0.3) is 16.6 Å². The van der Waals surface area contributed by atoms with Crippen molar-refractivity contribution in [2.45, 2.75) is 75.2 Å². The normalized spacial score (nSPS) is 29.2. The lowest BCUT2D eigenvalue weighted by Crippen LogP contribution is -2.48. The van der Waals surface area contributed by atoms with E-state index in [9.17, 15) is 14.8 Å². The summed E-state index contributed by atoms with van der Waals surface area (Å²) in [5.74, 6) is 0.958. The molecule has 0 amide bonds. The Balaban J connectivity index is 1.47. The van der Waals surface area contributed by atoms with Gasteiger partial charge in [0.1, 0.15) is 5.82 Å². The van der Waals surface area contributed by atoms with Gasteiger partial charge in [-0.3, -0.25) is 0 Å². The third-order valence-corrected chi connectivity index (χ3v) is 8.60. The first-order valence-corrected chi connectivity index (χ1v) is 12.4. The van der Waals surface area contributed by atoms with Gasteiger partial charge in [0.2, 0.25) is 0 Å². The first kappa shape index (κ1) is 20.9. The summed E-state index contributed by atoms with van der Waals surface area (Å²) in [6.45, 7) is 0. The molecule has 170 valence electrons. The summed E-state index contributed by atoms with van der Waals surface area (Å²) in [4.78, 5) is 0. The first-order chi connectivity index (χ1) is 16.0. The van der Waals surface area contributed by atoms with Crippen LogP contribution in [0, 0.1) is 29.0 Å². The van der Waals surface area contributed by atoms with E-state index in [0.717, 1.165) is 54.6 Å². The molecule has 3 atom stereocenters. The lowest BCUT2D eigenvalue weighted by molar-refractivity contribution is -0.0468. The van der Waals surface area contributed by atoms with E-state index in [1.165, 1.54) is 42.5 Å². The van der Waals surface area contributed by atoms with Gasteiger partial charge in [-0.2, -0.15) is 10.4 Å². The molecule has 3 aliphatic rings. The van der Waals surface area contributed by atoms with Gasteiger partial charge in [-0.25, -0.2) is 9.07 Å². The van der Waals surface area contributed by atoms with E-state index in [0.29, 0.717) is 12.3 Å². The molecule has 1 N–H and O–H groups in total. The largest absolute Gasteiger partial charge is 0.389 e. The highest BCUT2D eigenvalue weighted by Gasteiger charge is 2.52. The van der Waals surface area contributed by atoms with Crippen molar-refractivity contribution in [3.05, 3.63) is 59.5 Å². The number of aromatic nitrogens is 2. The predicted molar refractivity (Wildman–Crippen MR) is 126 cm³/mol. The van der Waals surface area contributed by atoms with Gasteiger partial charge in [0.15, 0.2) is 0 Å². The number of aliphatic hydroxyl groups is 1. The zero-order valence-electron chi connectivity index (χ0n) is 18.9. The van der Waals surface area contributed by atoms with Crippen molar-refractivity contribution in [1.29, 1.82) is 5.26 Å². The van der Waals surface area contributed by atoms with E-state index in [1.807, 2.05) is 10.9 Å². The first-order valence-electron chi connectivity index (χ1n) is 12.4. The summed E-state index contributed by atoms with van der Waals surface area (Å²) in [6, 6.07) is 13.4.